The molecule has 4 heteroatoms. The minimum Gasteiger partial charge on any atom is -0.266 e. The van der Waals surface area contributed by atoms with Gasteiger partial charge < -0.3 is 0 Å². The zero-order valence-corrected chi connectivity index (χ0v) is 23.1. The van der Waals surface area contributed by atoms with Crippen molar-refractivity contribution in [1.82, 2.24) is 9.97 Å². The first kappa shape index (κ1) is 24.6. The molecular weight excluding hydrogens is 512 g/mol. The molecule has 0 spiro atoms. The minimum atomic E-state index is 0.508. The normalized spacial score (nSPS) is 17.6. The van der Waals surface area contributed by atoms with E-state index in [-0.39, 0.29) is 0 Å². The van der Waals surface area contributed by atoms with Crippen molar-refractivity contribution in [3.63, 3.8) is 0 Å². The molecule has 3 aliphatic rings. The first-order chi connectivity index (χ1) is 20.8. The lowest BCUT2D eigenvalue weighted by atomic mass is 9.84. The fourth-order valence-corrected chi connectivity index (χ4v) is 5.99. The van der Waals surface area contributed by atoms with Crippen molar-refractivity contribution in [1.29, 1.82) is 0 Å². The zero-order chi connectivity index (χ0) is 27.9. The van der Waals surface area contributed by atoms with E-state index in [0.717, 1.165) is 75.1 Å². The predicted octanol–water partition coefficient (Wildman–Crippen LogP) is 8.79. The van der Waals surface area contributed by atoms with Crippen LogP contribution in [0.4, 0.5) is 0 Å². The number of fused-ring (bicyclic) bond motifs is 4. The summed E-state index contributed by atoms with van der Waals surface area (Å²) in [6.45, 7) is 0.783. The standard InChI is InChI=1S/C38H28N4/c1-2-6-30-23-31(16-11-25(30)5-1)26-9-12-27(13-10-26)34-19-17-28-14-15-29-18-20-35(42-37(29)36(28)41-34)32-7-3-8-33(24-32)38-39-21-4-22-40-38/h1-3,5-10,12-21,23-25H,4,11,22H2. The Bertz CT molecular complexity index is 2060. The summed E-state index contributed by atoms with van der Waals surface area (Å²) < 4.78 is 0. The van der Waals surface area contributed by atoms with Gasteiger partial charge in [0, 0.05) is 52.6 Å². The van der Waals surface area contributed by atoms with Crippen LogP contribution in [-0.2, 0) is 0 Å². The van der Waals surface area contributed by atoms with Crippen LogP contribution in [-0.4, -0.2) is 28.6 Å². The molecule has 1 atom stereocenters. The van der Waals surface area contributed by atoms with Crippen LogP contribution in [0.2, 0.25) is 0 Å². The van der Waals surface area contributed by atoms with Gasteiger partial charge in [0.25, 0.3) is 0 Å². The summed E-state index contributed by atoms with van der Waals surface area (Å²) in [6, 6.07) is 29.8. The maximum absolute atomic E-state index is 5.15. The van der Waals surface area contributed by atoms with Gasteiger partial charge in [0.2, 0.25) is 0 Å². The molecule has 0 saturated heterocycles. The fourth-order valence-electron chi connectivity index (χ4n) is 5.99. The summed E-state index contributed by atoms with van der Waals surface area (Å²) in [5.74, 6) is 1.29. The summed E-state index contributed by atoms with van der Waals surface area (Å²) in [4.78, 5) is 19.4. The molecule has 0 radical (unpaired) electrons. The maximum Gasteiger partial charge on any atom is 0.154 e. The summed E-state index contributed by atoms with van der Waals surface area (Å²) in [5.41, 5.74) is 10.7. The van der Waals surface area contributed by atoms with E-state index in [1.165, 1.54) is 16.7 Å². The van der Waals surface area contributed by atoms with Gasteiger partial charge in [-0.05, 0) is 41.3 Å². The van der Waals surface area contributed by atoms with E-state index in [1.807, 2.05) is 12.3 Å². The van der Waals surface area contributed by atoms with Crippen LogP contribution in [0.1, 0.15) is 24.0 Å². The van der Waals surface area contributed by atoms with Crippen molar-refractivity contribution < 1.29 is 0 Å². The number of nitrogens with zero attached hydrogens (tertiary/aromatic N) is 4. The number of amidine groups is 1. The van der Waals surface area contributed by atoms with E-state index in [1.54, 1.807) is 0 Å². The van der Waals surface area contributed by atoms with Crippen LogP contribution in [0, 0.1) is 5.92 Å². The molecule has 0 saturated carbocycles. The smallest absolute Gasteiger partial charge is 0.154 e. The van der Waals surface area contributed by atoms with E-state index in [0.29, 0.717) is 5.92 Å². The summed E-state index contributed by atoms with van der Waals surface area (Å²) in [7, 11) is 0. The Morgan fingerprint density at radius 2 is 1.38 bits per heavy atom. The quantitative estimate of drug-likeness (QED) is 0.214. The second-order valence-electron chi connectivity index (χ2n) is 11.0. The number of hydrogen-bond donors (Lipinski definition) is 0. The average molecular weight is 541 g/mol. The summed E-state index contributed by atoms with van der Waals surface area (Å²) in [5, 5.41) is 2.15. The van der Waals surface area contributed by atoms with E-state index in [9.17, 15) is 0 Å². The highest BCUT2D eigenvalue weighted by molar-refractivity contribution is 6.06. The van der Waals surface area contributed by atoms with Gasteiger partial charge in [-0.2, -0.15) is 0 Å². The van der Waals surface area contributed by atoms with E-state index >= 15 is 0 Å². The van der Waals surface area contributed by atoms with Gasteiger partial charge in [0.1, 0.15) is 0 Å². The van der Waals surface area contributed by atoms with Gasteiger partial charge in [-0.15, -0.1) is 0 Å². The van der Waals surface area contributed by atoms with Crippen LogP contribution in [0.3, 0.4) is 0 Å². The molecule has 2 aliphatic carbocycles. The van der Waals surface area contributed by atoms with Crippen molar-refractivity contribution in [2.75, 3.05) is 6.54 Å². The first-order valence-corrected chi connectivity index (χ1v) is 14.5. The Balaban J connectivity index is 1.14. The molecule has 0 amide bonds. The summed E-state index contributed by atoms with van der Waals surface area (Å²) in [6.07, 6.45) is 17.3. The highest BCUT2D eigenvalue weighted by Gasteiger charge is 2.16. The Kier molecular flexibility index (Phi) is 6.03. The van der Waals surface area contributed by atoms with Crippen molar-refractivity contribution in [2.24, 2.45) is 15.9 Å². The molecule has 2 aromatic heterocycles. The molecule has 0 bridgehead atoms. The maximum atomic E-state index is 5.15. The molecule has 5 aromatic rings. The van der Waals surface area contributed by atoms with Crippen molar-refractivity contribution in [3.05, 3.63) is 138 Å². The Morgan fingerprint density at radius 1 is 0.667 bits per heavy atom. The number of allylic oxidation sites excluding steroid dienone is 8. The molecule has 1 aliphatic heterocycles. The highest BCUT2D eigenvalue weighted by atomic mass is 14.9. The molecular formula is C38H28N4. The van der Waals surface area contributed by atoms with E-state index in [4.69, 9.17) is 9.97 Å². The molecule has 4 nitrogen and oxygen atoms in total. The lowest BCUT2D eigenvalue weighted by Gasteiger charge is -2.21. The molecule has 42 heavy (non-hydrogen) atoms. The van der Waals surface area contributed by atoms with Crippen LogP contribution in [0.25, 0.3) is 49.9 Å². The van der Waals surface area contributed by atoms with Crippen LogP contribution in [0.5, 0.6) is 0 Å². The van der Waals surface area contributed by atoms with Crippen molar-refractivity contribution in [3.8, 4) is 22.5 Å². The lowest BCUT2D eigenvalue weighted by molar-refractivity contribution is 0.783. The predicted molar refractivity (Wildman–Crippen MR) is 175 cm³/mol. The average Bonchev–Trinajstić information content (AvgIpc) is 3.08. The SMILES string of the molecule is C1=CC2=CC(c3ccc(-c4ccc5ccc6ccc(-c7cccc(C8=NCCC=N8)c7)nc6c5n4)cc3)=CCC2C=C1. The first-order valence-electron chi connectivity index (χ1n) is 14.5. The molecule has 3 aromatic carbocycles. The number of benzene rings is 3. The monoisotopic (exact) mass is 540 g/mol. The van der Waals surface area contributed by atoms with Crippen LogP contribution >= 0.6 is 0 Å². The number of hydrogen-bond acceptors (Lipinski definition) is 4. The molecule has 8 rings (SSSR count). The topological polar surface area (TPSA) is 50.5 Å². The van der Waals surface area contributed by atoms with Crippen molar-refractivity contribution >= 4 is 39.4 Å². The number of pyridine rings is 2. The third kappa shape index (κ3) is 4.51. The van der Waals surface area contributed by atoms with Gasteiger partial charge in [-0.1, -0.05) is 103 Å². The Labute approximate surface area is 244 Å². The molecule has 0 fully saturated rings. The zero-order valence-electron chi connectivity index (χ0n) is 23.1. The minimum absolute atomic E-state index is 0.508. The van der Waals surface area contributed by atoms with Gasteiger partial charge >= 0.3 is 0 Å². The number of rotatable bonds is 4. The van der Waals surface area contributed by atoms with E-state index < -0.39 is 0 Å². The Morgan fingerprint density at radius 3 is 2.14 bits per heavy atom. The molecule has 3 heterocycles. The highest BCUT2D eigenvalue weighted by Crippen LogP contribution is 2.34. The summed E-state index contributed by atoms with van der Waals surface area (Å²) >= 11 is 0. The lowest BCUT2D eigenvalue weighted by Crippen LogP contribution is -2.05. The molecule has 200 valence electrons. The number of aromatic nitrogens is 2. The second-order valence-corrected chi connectivity index (χ2v) is 11.0. The van der Waals surface area contributed by atoms with E-state index in [2.05, 4.69) is 125 Å². The van der Waals surface area contributed by atoms with Gasteiger partial charge in [0.15, 0.2) is 5.84 Å². The third-order valence-electron chi connectivity index (χ3n) is 8.27. The fraction of sp³-hybridized carbons (Fsp3) is 0.105. The van der Waals surface area contributed by atoms with Crippen LogP contribution in [0.15, 0.2) is 137 Å². The molecule has 0 N–H and O–H groups in total. The van der Waals surface area contributed by atoms with Crippen molar-refractivity contribution in [2.45, 2.75) is 12.8 Å². The van der Waals surface area contributed by atoms with Gasteiger partial charge in [-0.25, -0.2) is 15.0 Å². The van der Waals surface area contributed by atoms with Gasteiger partial charge in [0.05, 0.1) is 22.4 Å². The Hall–Kier alpha value is -5.22. The second kappa shape index (κ2) is 10.3. The van der Waals surface area contributed by atoms with Gasteiger partial charge in [-0.3, -0.25) is 4.99 Å². The molecule has 1 unspecified atom stereocenters. The number of aliphatic imine (C=N–C) groups is 2. The van der Waals surface area contributed by atoms with Crippen LogP contribution < -0.4 is 0 Å². The largest absolute Gasteiger partial charge is 0.266 e. The third-order valence-corrected chi connectivity index (χ3v) is 8.27.